The molecule has 1 aromatic carbocycles. The van der Waals surface area contributed by atoms with E-state index in [0.717, 1.165) is 0 Å². The minimum Gasteiger partial charge on any atom is -0.298 e. The summed E-state index contributed by atoms with van der Waals surface area (Å²) in [5.41, 5.74) is 1.22. The number of aldehydes is 1. The van der Waals surface area contributed by atoms with Gasteiger partial charge in [-0.1, -0.05) is 11.6 Å². The topological polar surface area (TPSA) is 30.0 Å². The summed E-state index contributed by atoms with van der Waals surface area (Å²) in [5.74, 6) is -0.393. The van der Waals surface area contributed by atoms with Crippen molar-refractivity contribution in [2.75, 3.05) is 0 Å². The van der Waals surface area contributed by atoms with Crippen LogP contribution in [0.15, 0.2) is 36.5 Å². The third kappa shape index (κ3) is 2.09. The Kier molecular flexibility index (Phi) is 2.97. The number of carbonyl (C=O) groups is 1. The number of benzene rings is 1. The molecular weight excluding hydrogens is 229 g/mol. The fraction of sp³-hybridized carbons (Fsp3) is 0. The molecule has 0 saturated heterocycles. The smallest absolute Gasteiger partial charge is 0.151 e. The Morgan fingerprint density at radius 2 is 2.06 bits per heavy atom. The zero-order chi connectivity index (χ0) is 11.5. The Labute approximate surface area is 96.7 Å². The van der Waals surface area contributed by atoms with Gasteiger partial charge in [0.2, 0.25) is 0 Å². The van der Waals surface area contributed by atoms with Gasteiger partial charge in [-0.15, -0.1) is 0 Å². The molecule has 80 valence electrons. The summed E-state index contributed by atoms with van der Waals surface area (Å²) in [6.45, 7) is 0. The average Bonchev–Trinajstić information content (AvgIpc) is 2.32. The van der Waals surface area contributed by atoms with E-state index < -0.39 is 5.82 Å². The van der Waals surface area contributed by atoms with Crippen LogP contribution in [0, 0.1) is 5.82 Å². The second kappa shape index (κ2) is 4.41. The number of pyridine rings is 1. The molecule has 0 aliphatic carbocycles. The van der Waals surface area contributed by atoms with E-state index in [1.54, 1.807) is 12.1 Å². The van der Waals surface area contributed by atoms with E-state index in [0.29, 0.717) is 28.1 Å². The van der Waals surface area contributed by atoms with Crippen molar-refractivity contribution < 1.29 is 9.18 Å². The molecule has 0 radical (unpaired) electrons. The second-order valence-electron chi connectivity index (χ2n) is 3.22. The Balaban J connectivity index is 2.49. The summed E-state index contributed by atoms with van der Waals surface area (Å²) < 4.78 is 13.5. The number of hydrogen-bond acceptors (Lipinski definition) is 2. The molecule has 1 heterocycles. The summed E-state index contributed by atoms with van der Waals surface area (Å²) in [5, 5.41) is 0.442. The Morgan fingerprint density at radius 1 is 1.25 bits per heavy atom. The first kappa shape index (κ1) is 10.8. The molecule has 0 bridgehead atoms. The monoisotopic (exact) mass is 235 g/mol. The summed E-state index contributed by atoms with van der Waals surface area (Å²) in [4.78, 5) is 14.4. The predicted molar refractivity (Wildman–Crippen MR) is 60.0 cm³/mol. The van der Waals surface area contributed by atoms with Crippen LogP contribution in [0.25, 0.3) is 11.3 Å². The van der Waals surface area contributed by atoms with Gasteiger partial charge in [0, 0.05) is 22.3 Å². The lowest BCUT2D eigenvalue weighted by molar-refractivity contribution is 0.112. The van der Waals surface area contributed by atoms with Crippen LogP contribution in [0.5, 0.6) is 0 Å². The van der Waals surface area contributed by atoms with Crippen LogP contribution >= 0.6 is 11.6 Å². The molecule has 0 saturated carbocycles. The Morgan fingerprint density at radius 3 is 2.69 bits per heavy atom. The number of carbonyl (C=O) groups excluding carboxylic acids is 1. The highest BCUT2D eigenvalue weighted by atomic mass is 35.5. The van der Waals surface area contributed by atoms with Crippen LogP contribution in [0.4, 0.5) is 4.39 Å². The highest BCUT2D eigenvalue weighted by Gasteiger charge is 2.06. The molecule has 4 heteroatoms. The van der Waals surface area contributed by atoms with Gasteiger partial charge >= 0.3 is 0 Å². The first-order chi connectivity index (χ1) is 7.70. The predicted octanol–water partition coefficient (Wildman–Crippen LogP) is 3.35. The molecule has 0 aliphatic rings. The van der Waals surface area contributed by atoms with Crippen molar-refractivity contribution in [2.24, 2.45) is 0 Å². The van der Waals surface area contributed by atoms with E-state index in [-0.39, 0.29) is 0 Å². The first-order valence-corrected chi connectivity index (χ1v) is 4.95. The SMILES string of the molecule is O=Cc1ccc(-c2cc(Cl)ccc2F)nc1. The molecule has 0 unspecified atom stereocenters. The van der Waals surface area contributed by atoms with Gasteiger partial charge in [0.1, 0.15) is 5.82 Å². The third-order valence-electron chi connectivity index (χ3n) is 2.13. The maximum absolute atomic E-state index is 13.5. The zero-order valence-corrected chi connectivity index (χ0v) is 8.91. The molecule has 2 rings (SSSR count). The molecule has 16 heavy (non-hydrogen) atoms. The van der Waals surface area contributed by atoms with Gasteiger partial charge in [-0.05, 0) is 30.3 Å². The maximum atomic E-state index is 13.5. The van der Waals surface area contributed by atoms with Crippen molar-refractivity contribution in [2.45, 2.75) is 0 Å². The lowest BCUT2D eigenvalue weighted by Crippen LogP contribution is -1.89. The van der Waals surface area contributed by atoms with Crippen molar-refractivity contribution in [1.82, 2.24) is 4.98 Å². The standard InChI is InChI=1S/C12H7ClFNO/c13-9-2-3-11(14)10(5-9)12-4-1-8(7-16)6-15-12/h1-7H. The van der Waals surface area contributed by atoms with E-state index in [9.17, 15) is 9.18 Å². The fourth-order valence-electron chi connectivity index (χ4n) is 1.33. The van der Waals surface area contributed by atoms with Gasteiger partial charge in [0.25, 0.3) is 0 Å². The minimum absolute atomic E-state index is 0.324. The fourth-order valence-corrected chi connectivity index (χ4v) is 1.50. The summed E-state index contributed by atoms with van der Waals surface area (Å²) in [6, 6.07) is 7.42. The van der Waals surface area contributed by atoms with Crippen molar-refractivity contribution in [3.63, 3.8) is 0 Å². The molecule has 2 nitrogen and oxygen atoms in total. The van der Waals surface area contributed by atoms with Gasteiger partial charge in [0.05, 0.1) is 5.69 Å². The van der Waals surface area contributed by atoms with E-state index in [1.165, 1.54) is 24.4 Å². The van der Waals surface area contributed by atoms with Crippen LogP contribution < -0.4 is 0 Å². The molecule has 0 spiro atoms. The van der Waals surface area contributed by atoms with Crippen LogP contribution in [0.1, 0.15) is 10.4 Å². The Bertz CT molecular complexity index is 525. The van der Waals surface area contributed by atoms with Gasteiger partial charge in [0.15, 0.2) is 6.29 Å². The third-order valence-corrected chi connectivity index (χ3v) is 2.36. The second-order valence-corrected chi connectivity index (χ2v) is 3.66. The molecule has 0 atom stereocenters. The van der Waals surface area contributed by atoms with E-state index in [1.807, 2.05) is 0 Å². The normalized spacial score (nSPS) is 10.1. The number of rotatable bonds is 2. The van der Waals surface area contributed by atoms with E-state index >= 15 is 0 Å². The highest BCUT2D eigenvalue weighted by molar-refractivity contribution is 6.30. The number of hydrogen-bond donors (Lipinski definition) is 0. The van der Waals surface area contributed by atoms with Gasteiger partial charge in [-0.25, -0.2) is 4.39 Å². The largest absolute Gasteiger partial charge is 0.298 e. The van der Waals surface area contributed by atoms with Crippen molar-refractivity contribution in [3.05, 3.63) is 52.9 Å². The molecule has 0 amide bonds. The number of aromatic nitrogens is 1. The van der Waals surface area contributed by atoms with Crippen LogP contribution in [-0.4, -0.2) is 11.3 Å². The molecule has 1 aromatic heterocycles. The number of halogens is 2. The lowest BCUT2D eigenvalue weighted by Gasteiger charge is -2.03. The minimum atomic E-state index is -0.393. The zero-order valence-electron chi connectivity index (χ0n) is 8.15. The molecule has 0 N–H and O–H groups in total. The van der Waals surface area contributed by atoms with Gasteiger partial charge < -0.3 is 0 Å². The molecule has 0 fully saturated rings. The molecule has 2 aromatic rings. The lowest BCUT2D eigenvalue weighted by atomic mass is 10.1. The maximum Gasteiger partial charge on any atom is 0.151 e. The first-order valence-electron chi connectivity index (χ1n) is 4.57. The quantitative estimate of drug-likeness (QED) is 0.747. The van der Waals surface area contributed by atoms with Crippen LogP contribution in [0.3, 0.4) is 0 Å². The van der Waals surface area contributed by atoms with Crippen LogP contribution in [-0.2, 0) is 0 Å². The van der Waals surface area contributed by atoms with Gasteiger partial charge in [-0.3, -0.25) is 9.78 Å². The summed E-state index contributed by atoms with van der Waals surface area (Å²) in [6.07, 6.45) is 2.08. The molecular formula is C12H7ClFNO. The van der Waals surface area contributed by atoms with Crippen molar-refractivity contribution in [3.8, 4) is 11.3 Å². The van der Waals surface area contributed by atoms with Crippen molar-refractivity contribution >= 4 is 17.9 Å². The Hall–Kier alpha value is -1.74. The van der Waals surface area contributed by atoms with Gasteiger partial charge in [-0.2, -0.15) is 0 Å². The van der Waals surface area contributed by atoms with Crippen LogP contribution in [0.2, 0.25) is 5.02 Å². The van der Waals surface area contributed by atoms with E-state index in [4.69, 9.17) is 11.6 Å². The number of nitrogens with zero attached hydrogens (tertiary/aromatic N) is 1. The summed E-state index contributed by atoms with van der Waals surface area (Å²) in [7, 11) is 0. The highest BCUT2D eigenvalue weighted by Crippen LogP contribution is 2.24. The van der Waals surface area contributed by atoms with E-state index in [2.05, 4.69) is 4.98 Å². The average molecular weight is 236 g/mol. The van der Waals surface area contributed by atoms with Crippen molar-refractivity contribution in [1.29, 1.82) is 0 Å². The molecule has 0 aliphatic heterocycles. The summed E-state index contributed by atoms with van der Waals surface area (Å²) >= 11 is 5.77.